The van der Waals surface area contributed by atoms with Crippen LogP contribution >= 0.6 is 11.6 Å². The molecule has 0 aliphatic heterocycles. The molecule has 0 atom stereocenters. The first kappa shape index (κ1) is 27.5. The molecule has 0 fully saturated rings. The molecule has 1 amide bonds. The molecule has 0 bridgehead atoms. The lowest BCUT2D eigenvalue weighted by molar-refractivity contribution is -0.116. The highest BCUT2D eigenvalue weighted by Gasteiger charge is 2.27. The van der Waals surface area contributed by atoms with Gasteiger partial charge in [0.2, 0.25) is 15.9 Å². The first-order valence-electron chi connectivity index (χ1n) is 12.1. The van der Waals surface area contributed by atoms with Crippen LogP contribution in [0.4, 0.5) is 10.2 Å². The zero-order chi connectivity index (χ0) is 27.3. The summed E-state index contributed by atoms with van der Waals surface area (Å²) in [5.74, 6) is -0.375. The number of nitrogens with zero attached hydrogens (tertiary/aromatic N) is 3. The molecule has 0 spiro atoms. The van der Waals surface area contributed by atoms with Crippen molar-refractivity contribution >= 4 is 33.3 Å². The van der Waals surface area contributed by atoms with Crippen LogP contribution in [0.15, 0.2) is 89.8 Å². The number of hydrogen-bond acceptors (Lipinski definition) is 4. The molecular weight excluding hydrogens is 527 g/mol. The molecule has 3 aromatic carbocycles. The molecule has 1 aromatic heterocycles. The molecule has 1 heterocycles. The third-order valence-electron chi connectivity index (χ3n) is 5.84. The number of anilines is 1. The van der Waals surface area contributed by atoms with Gasteiger partial charge in [-0.05, 0) is 60.9 Å². The average Bonchev–Trinajstić information content (AvgIpc) is 3.31. The first-order chi connectivity index (χ1) is 18.1. The van der Waals surface area contributed by atoms with Gasteiger partial charge >= 0.3 is 0 Å². The maximum Gasteiger partial charge on any atom is 0.243 e. The fourth-order valence-corrected chi connectivity index (χ4v) is 5.32. The molecule has 0 saturated heterocycles. The summed E-state index contributed by atoms with van der Waals surface area (Å²) in [7, 11) is -3.96. The van der Waals surface area contributed by atoms with E-state index in [-0.39, 0.29) is 17.4 Å². The topological polar surface area (TPSA) is 84.3 Å². The van der Waals surface area contributed by atoms with E-state index in [2.05, 4.69) is 10.4 Å². The third-order valence-corrected chi connectivity index (χ3v) is 7.96. The number of carbonyl (C=O) groups excluding carboxylic acids is 1. The van der Waals surface area contributed by atoms with Crippen LogP contribution in [0.2, 0.25) is 5.02 Å². The molecule has 0 unspecified atom stereocenters. The molecule has 4 rings (SSSR count). The number of aromatic nitrogens is 2. The summed E-state index contributed by atoms with van der Waals surface area (Å²) in [6, 6.07) is 22.7. The summed E-state index contributed by atoms with van der Waals surface area (Å²) >= 11 is 5.94. The second-order valence-corrected chi connectivity index (χ2v) is 11.6. The Kier molecular flexibility index (Phi) is 8.61. The van der Waals surface area contributed by atoms with Crippen LogP contribution in [0.5, 0.6) is 0 Å². The second kappa shape index (κ2) is 11.9. The van der Waals surface area contributed by atoms with Crippen molar-refractivity contribution in [1.82, 2.24) is 14.1 Å². The van der Waals surface area contributed by atoms with Crippen LogP contribution in [0.25, 0.3) is 16.9 Å². The van der Waals surface area contributed by atoms with Gasteiger partial charge in [-0.3, -0.25) is 4.79 Å². The van der Waals surface area contributed by atoms with Gasteiger partial charge in [-0.1, -0.05) is 55.8 Å². The summed E-state index contributed by atoms with van der Waals surface area (Å²) in [5, 5.41) is 7.83. The number of amides is 1. The maximum atomic E-state index is 13.6. The van der Waals surface area contributed by atoms with Crippen molar-refractivity contribution in [3.8, 4) is 16.9 Å². The summed E-state index contributed by atoms with van der Waals surface area (Å²) < 4.78 is 43.0. The molecule has 0 saturated carbocycles. The highest BCUT2D eigenvalue weighted by Crippen LogP contribution is 2.25. The standard InChI is InChI=1S/C28H28ClFN4O3S/c1-20(2)16-17-33(38(36,37)25-14-8-22(29)9-15-25)19-28(35)31-27-18-26(21-6-4-3-5-7-21)32-34(27)24-12-10-23(30)11-13-24/h3-15,18,20H,16-17,19H2,1-2H3,(H,31,35). The zero-order valence-electron chi connectivity index (χ0n) is 21.0. The van der Waals surface area contributed by atoms with Crippen molar-refractivity contribution in [3.63, 3.8) is 0 Å². The van der Waals surface area contributed by atoms with Gasteiger partial charge in [-0.15, -0.1) is 0 Å². The zero-order valence-corrected chi connectivity index (χ0v) is 22.6. The van der Waals surface area contributed by atoms with Gasteiger partial charge < -0.3 is 5.32 Å². The lowest BCUT2D eigenvalue weighted by atomic mass is 10.1. The highest BCUT2D eigenvalue weighted by molar-refractivity contribution is 7.89. The van der Waals surface area contributed by atoms with Crippen molar-refractivity contribution < 1.29 is 17.6 Å². The van der Waals surface area contributed by atoms with Crippen molar-refractivity contribution in [2.75, 3.05) is 18.4 Å². The van der Waals surface area contributed by atoms with Gasteiger partial charge in [0.15, 0.2) is 0 Å². The van der Waals surface area contributed by atoms with Gasteiger partial charge in [0.05, 0.1) is 22.8 Å². The summed E-state index contributed by atoms with van der Waals surface area (Å²) in [4.78, 5) is 13.3. The summed E-state index contributed by atoms with van der Waals surface area (Å²) in [6.45, 7) is 3.74. The maximum absolute atomic E-state index is 13.6. The van der Waals surface area contributed by atoms with Gasteiger partial charge in [-0.25, -0.2) is 17.5 Å². The van der Waals surface area contributed by atoms with E-state index in [9.17, 15) is 17.6 Å². The Hall–Kier alpha value is -3.53. The molecule has 0 aliphatic carbocycles. The van der Waals surface area contributed by atoms with Crippen molar-refractivity contribution in [2.45, 2.75) is 25.2 Å². The Morgan fingerprint density at radius 2 is 1.68 bits per heavy atom. The predicted octanol–water partition coefficient (Wildman–Crippen LogP) is 6.01. The van der Waals surface area contributed by atoms with E-state index in [1.165, 1.54) is 45.4 Å². The minimum absolute atomic E-state index is 0.0566. The molecule has 4 aromatic rings. The van der Waals surface area contributed by atoms with Crippen molar-refractivity contribution in [2.24, 2.45) is 5.92 Å². The van der Waals surface area contributed by atoms with Crippen LogP contribution in [0.1, 0.15) is 20.3 Å². The number of carbonyl (C=O) groups is 1. The van der Waals surface area contributed by atoms with E-state index in [1.807, 2.05) is 44.2 Å². The number of hydrogen-bond donors (Lipinski definition) is 1. The fraction of sp³-hybridized carbons (Fsp3) is 0.214. The molecule has 198 valence electrons. The van der Waals surface area contributed by atoms with Gasteiger partial charge in [0, 0.05) is 23.2 Å². The van der Waals surface area contributed by atoms with E-state index in [0.29, 0.717) is 28.6 Å². The van der Waals surface area contributed by atoms with E-state index >= 15 is 0 Å². The van der Waals surface area contributed by atoms with Crippen LogP contribution in [0, 0.1) is 11.7 Å². The lowest BCUT2D eigenvalue weighted by Gasteiger charge is -2.23. The second-order valence-electron chi connectivity index (χ2n) is 9.19. The van der Waals surface area contributed by atoms with Crippen molar-refractivity contribution in [3.05, 3.63) is 95.8 Å². The number of rotatable bonds is 10. The SMILES string of the molecule is CC(C)CCN(CC(=O)Nc1cc(-c2ccccc2)nn1-c1ccc(F)cc1)S(=O)(=O)c1ccc(Cl)cc1. The van der Waals surface area contributed by atoms with Crippen LogP contribution < -0.4 is 5.32 Å². The van der Waals surface area contributed by atoms with Gasteiger partial charge in [0.25, 0.3) is 0 Å². The van der Waals surface area contributed by atoms with E-state index in [0.717, 1.165) is 5.56 Å². The smallest absolute Gasteiger partial charge is 0.243 e. The van der Waals surface area contributed by atoms with Gasteiger partial charge in [0.1, 0.15) is 11.6 Å². The van der Waals surface area contributed by atoms with E-state index < -0.39 is 28.3 Å². The number of halogens is 2. The minimum Gasteiger partial charge on any atom is -0.309 e. The van der Waals surface area contributed by atoms with E-state index in [1.54, 1.807) is 18.2 Å². The monoisotopic (exact) mass is 554 g/mol. The van der Waals surface area contributed by atoms with Gasteiger partial charge in [-0.2, -0.15) is 9.40 Å². The molecule has 10 heteroatoms. The third kappa shape index (κ3) is 6.66. The molecule has 7 nitrogen and oxygen atoms in total. The molecule has 1 N–H and O–H groups in total. The summed E-state index contributed by atoms with van der Waals surface area (Å²) in [5.41, 5.74) is 1.96. The Morgan fingerprint density at radius 3 is 2.32 bits per heavy atom. The van der Waals surface area contributed by atoms with Crippen LogP contribution in [-0.4, -0.2) is 41.5 Å². The highest BCUT2D eigenvalue weighted by atomic mass is 35.5. The summed E-state index contributed by atoms with van der Waals surface area (Å²) in [6.07, 6.45) is 0.575. The van der Waals surface area contributed by atoms with Crippen LogP contribution in [0.3, 0.4) is 0 Å². The molecular formula is C28H28ClFN4O3S. The van der Waals surface area contributed by atoms with E-state index in [4.69, 9.17) is 11.6 Å². The quantitative estimate of drug-likeness (QED) is 0.260. The largest absolute Gasteiger partial charge is 0.309 e. The lowest BCUT2D eigenvalue weighted by Crippen LogP contribution is -2.39. The number of nitrogens with one attached hydrogen (secondary N) is 1. The van der Waals surface area contributed by atoms with Crippen LogP contribution in [-0.2, 0) is 14.8 Å². The Balaban J connectivity index is 1.63. The molecule has 0 aliphatic rings. The fourth-order valence-electron chi connectivity index (χ4n) is 3.78. The normalized spacial score (nSPS) is 11.7. The Bertz CT molecular complexity index is 1490. The van der Waals surface area contributed by atoms with Crippen molar-refractivity contribution in [1.29, 1.82) is 0 Å². The Morgan fingerprint density at radius 1 is 1.03 bits per heavy atom. The predicted molar refractivity (Wildman–Crippen MR) is 147 cm³/mol. The number of benzene rings is 3. The molecule has 0 radical (unpaired) electrons. The minimum atomic E-state index is -3.96. The molecule has 38 heavy (non-hydrogen) atoms. The number of sulfonamides is 1. The Labute approximate surface area is 226 Å². The average molecular weight is 555 g/mol. The first-order valence-corrected chi connectivity index (χ1v) is 13.9.